The van der Waals surface area contributed by atoms with Crippen molar-refractivity contribution in [1.82, 2.24) is 0 Å². The average molecular weight is 261 g/mol. The molecule has 0 radical (unpaired) electrons. The minimum absolute atomic E-state index is 0.0963. The standard InChI is InChI=1S/C15H19NO3/c1-9(2)14(18)15(19)11-4-6-12-10(8-11)5-7-13(17)16(12)3/h4,6,8-9,15,19H,5,7H2,1-3H3. The van der Waals surface area contributed by atoms with Crippen LogP contribution in [0.25, 0.3) is 0 Å². The Labute approximate surface area is 113 Å². The van der Waals surface area contributed by atoms with Gasteiger partial charge in [0.1, 0.15) is 6.10 Å². The zero-order valence-electron chi connectivity index (χ0n) is 11.5. The van der Waals surface area contributed by atoms with Gasteiger partial charge in [0.2, 0.25) is 5.91 Å². The van der Waals surface area contributed by atoms with Crippen molar-refractivity contribution in [3.05, 3.63) is 29.3 Å². The molecule has 0 bridgehead atoms. The van der Waals surface area contributed by atoms with Gasteiger partial charge in [0.15, 0.2) is 5.78 Å². The Balaban J connectivity index is 2.32. The summed E-state index contributed by atoms with van der Waals surface area (Å²) >= 11 is 0. The molecule has 0 aromatic heterocycles. The van der Waals surface area contributed by atoms with Crippen LogP contribution in [-0.2, 0) is 16.0 Å². The predicted octanol–water partition coefficient (Wildman–Crippen LogP) is 1.85. The number of fused-ring (bicyclic) bond motifs is 1. The van der Waals surface area contributed by atoms with E-state index >= 15 is 0 Å². The van der Waals surface area contributed by atoms with Crippen LogP contribution < -0.4 is 4.90 Å². The van der Waals surface area contributed by atoms with Crippen LogP contribution in [0.5, 0.6) is 0 Å². The van der Waals surface area contributed by atoms with Gasteiger partial charge in [-0.05, 0) is 23.6 Å². The molecule has 1 aliphatic rings. The number of carbonyl (C=O) groups is 2. The Morgan fingerprint density at radius 2 is 2.00 bits per heavy atom. The molecule has 19 heavy (non-hydrogen) atoms. The van der Waals surface area contributed by atoms with Crippen molar-refractivity contribution in [2.24, 2.45) is 5.92 Å². The quantitative estimate of drug-likeness (QED) is 0.903. The summed E-state index contributed by atoms with van der Waals surface area (Å²) < 4.78 is 0. The maximum Gasteiger partial charge on any atom is 0.227 e. The van der Waals surface area contributed by atoms with Crippen molar-refractivity contribution in [2.75, 3.05) is 11.9 Å². The Kier molecular flexibility index (Phi) is 3.71. The summed E-state index contributed by atoms with van der Waals surface area (Å²) in [6.45, 7) is 3.55. The lowest BCUT2D eigenvalue weighted by Crippen LogP contribution is -2.31. The molecule has 1 unspecified atom stereocenters. The van der Waals surface area contributed by atoms with Gasteiger partial charge in [0.25, 0.3) is 0 Å². The first-order valence-corrected chi connectivity index (χ1v) is 6.53. The van der Waals surface area contributed by atoms with Gasteiger partial charge < -0.3 is 10.0 Å². The van der Waals surface area contributed by atoms with E-state index in [1.807, 2.05) is 6.07 Å². The fourth-order valence-corrected chi connectivity index (χ4v) is 2.33. The molecule has 1 aromatic carbocycles. The highest BCUT2D eigenvalue weighted by atomic mass is 16.3. The second-order valence-corrected chi connectivity index (χ2v) is 5.30. The second kappa shape index (κ2) is 5.13. The zero-order chi connectivity index (χ0) is 14.2. The van der Waals surface area contributed by atoms with Gasteiger partial charge in [-0.15, -0.1) is 0 Å². The molecule has 1 amide bonds. The number of hydrogen-bond donors (Lipinski definition) is 1. The maximum absolute atomic E-state index is 11.8. The number of carbonyl (C=O) groups excluding carboxylic acids is 2. The molecular weight excluding hydrogens is 242 g/mol. The Morgan fingerprint density at radius 1 is 1.32 bits per heavy atom. The second-order valence-electron chi connectivity index (χ2n) is 5.30. The maximum atomic E-state index is 11.8. The van der Waals surface area contributed by atoms with E-state index in [1.54, 1.807) is 37.9 Å². The van der Waals surface area contributed by atoms with E-state index in [0.717, 1.165) is 11.3 Å². The number of ketones is 1. The van der Waals surface area contributed by atoms with Crippen molar-refractivity contribution in [2.45, 2.75) is 32.8 Å². The van der Waals surface area contributed by atoms with Crippen LogP contribution in [0.15, 0.2) is 18.2 Å². The molecule has 0 aliphatic carbocycles. The molecule has 2 rings (SSSR count). The van der Waals surface area contributed by atoms with E-state index in [-0.39, 0.29) is 17.6 Å². The first kappa shape index (κ1) is 13.7. The fraction of sp³-hybridized carbons (Fsp3) is 0.467. The van der Waals surface area contributed by atoms with Crippen molar-refractivity contribution in [3.8, 4) is 0 Å². The molecule has 1 aliphatic heterocycles. The monoisotopic (exact) mass is 261 g/mol. The van der Waals surface area contributed by atoms with Crippen LogP contribution in [0.2, 0.25) is 0 Å². The number of hydrogen-bond acceptors (Lipinski definition) is 3. The summed E-state index contributed by atoms with van der Waals surface area (Å²) in [7, 11) is 1.75. The fourth-order valence-electron chi connectivity index (χ4n) is 2.33. The summed E-state index contributed by atoms with van der Waals surface area (Å²) in [6.07, 6.45) is 0.0593. The third kappa shape index (κ3) is 2.54. The van der Waals surface area contributed by atoms with Crippen molar-refractivity contribution >= 4 is 17.4 Å². The van der Waals surface area contributed by atoms with Crippen molar-refractivity contribution in [3.63, 3.8) is 0 Å². The Morgan fingerprint density at radius 3 is 2.63 bits per heavy atom. The minimum Gasteiger partial charge on any atom is -0.381 e. The predicted molar refractivity (Wildman–Crippen MR) is 73.0 cm³/mol. The topological polar surface area (TPSA) is 57.6 Å². The smallest absolute Gasteiger partial charge is 0.227 e. The number of aryl methyl sites for hydroxylation is 1. The lowest BCUT2D eigenvalue weighted by atomic mass is 9.93. The summed E-state index contributed by atoms with van der Waals surface area (Å²) in [5.41, 5.74) is 2.49. The number of anilines is 1. The van der Waals surface area contributed by atoms with E-state index in [0.29, 0.717) is 18.4 Å². The molecule has 102 valence electrons. The first-order chi connectivity index (χ1) is 8.91. The van der Waals surface area contributed by atoms with Crippen LogP contribution >= 0.6 is 0 Å². The summed E-state index contributed by atoms with van der Waals surface area (Å²) in [5.74, 6) is -0.283. The molecule has 1 N–H and O–H groups in total. The molecular formula is C15H19NO3. The van der Waals surface area contributed by atoms with Gasteiger partial charge in [0, 0.05) is 25.1 Å². The SMILES string of the molecule is CC(C)C(=O)C(O)c1ccc2c(c1)CCC(=O)N2C. The van der Waals surface area contributed by atoms with Gasteiger partial charge >= 0.3 is 0 Å². The first-order valence-electron chi connectivity index (χ1n) is 6.53. The van der Waals surface area contributed by atoms with Crippen molar-refractivity contribution < 1.29 is 14.7 Å². The number of amides is 1. The number of benzene rings is 1. The van der Waals surface area contributed by atoms with Crippen LogP contribution in [0.1, 0.15) is 37.5 Å². The molecule has 0 saturated heterocycles. The average Bonchev–Trinajstić information content (AvgIpc) is 2.40. The zero-order valence-corrected chi connectivity index (χ0v) is 11.5. The molecule has 1 heterocycles. The highest BCUT2D eigenvalue weighted by molar-refractivity contribution is 5.96. The van der Waals surface area contributed by atoms with Gasteiger partial charge in [-0.3, -0.25) is 9.59 Å². The lowest BCUT2D eigenvalue weighted by Gasteiger charge is -2.26. The number of aliphatic hydroxyl groups excluding tert-OH is 1. The number of Topliss-reactive ketones (excluding diaryl/α,β-unsaturated/α-hetero) is 1. The molecule has 1 aromatic rings. The highest BCUT2D eigenvalue weighted by Crippen LogP contribution is 2.30. The minimum atomic E-state index is -1.08. The van der Waals surface area contributed by atoms with E-state index in [2.05, 4.69) is 0 Å². The van der Waals surface area contributed by atoms with E-state index < -0.39 is 6.10 Å². The summed E-state index contributed by atoms with van der Waals surface area (Å²) in [4.78, 5) is 25.0. The third-order valence-electron chi connectivity index (χ3n) is 3.60. The Bertz CT molecular complexity index is 522. The highest BCUT2D eigenvalue weighted by Gasteiger charge is 2.24. The molecule has 0 saturated carbocycles. The summed E-state index contributed by atoms with van der Waals surface area (Å²) in [5, 5.41) is 10.0. The molecule has 4 nitrogen and oxygen atoms in total. The largest absolute Gasteiger partial charge is 0.381 e. The molecule has 1 atom stereocenters. The Hall–Kier alpha value is -1.68. The number of rotatable bonds is 3. The van der Waals surface area contributed by atoms with E-state index in [4.69, 9.17) is 0 Å². The lowest BCUT2D eigenvalue weighted by molar-refractivity contribution is -0.130. The van der Waals surface area contributed by atoms with Gasteiger partial charge in [-0.25, -0.2) is 0 Å². The summed E-state index contributed by atoms with van der Waals surface area (Å²) in [6, 6.07) is 5.36. The van der Waals surface area contributed by atoms with Crippen LogP contribution in [0.4, 0.5) is 5.69 Å². The van der Waals surface area contributed by atoms with Crippen LogP contribution in [0.3, 0.4) is 0 Å². The third-order valence-corrected chi connectivity index (χ3v) is 3.60. The number of aliphatic hydroxyl groups is 1. The molecule has 0 fully saturated rings. The van der Waals surface area contributed by atoms with Crippen molar-refractivity contribution in [1.29, 1.82) is 0 Å². The van der Waals surface area contributed by atoms with Crippen LogP contribution in [-0.4, -0.2) is 23.8 Å². The van der Waals surface area contributed by atoms with Crippen LogP contribution in [0, 0.1) is 5.92 Å². The van der Waals surface area contributed by atoms with E-state index in [9.17, 15) is 14.7 Å². The van der Waals surface area contributed by atoms with E-state index in [1.165, 1.54) is 0 Å². The van der Waals surface area contributed by atoms with Gasteiger partial charge in [-0.1, -0.05) is 26.0 Å². The van der Waals surface area contributed by atoms with Gasteiger partial charge in [-0.2, -0.15) is 0 Å². The molecule has 4 heteroatoms. The van der Waals surface area contributed by atoms with Gasteiger partial charge in [0.05, 0.1) is 0 Å². The number of nitrogens with zero attached hydrogens (tertiary/aromatic N) is 1. The molecule has 0 spiro atoms. The normalized spacial score (nSPS) is 16.5.